The monoisotopic (exact) mass is 280 g/mol. The fourth-order valence-electron chi connectivity index (χ4n) is 1.75. The highest BCUT2D eigenvalue weighted by Gasteiger charge is 2.18. The summed E-state index contributed by atoms with van der Waals surface area (Å²) in [5.41, 5.74) is 0.798. The molecule has 19 heavy (non-hydrogen) atoms. The summed E-state index contributed by atoms with van der Waals surface area (Å²) >= 11 is 6.10. The van der Waals surface area contributed by atoms with Gasteiger partial charge >= 0.3 is 0 Å². The third-order valence-electron chi connectivity index (χ3n) is 2.71. The summed E-state index contributed by atoms with van der Waals surface area (Å²) in [6.07, 6.45) is 1.41. The van der Waals surface area contributed by atoms with Crippen molar-refractivity contribution >= 4 is 17.4 Å². The zero-order valence-corrected chi connectivity index (χ0v) is 11.6. The Labute approximate surface area is 115 Å². The van der Waals surface area contributed by atoms with Crippen molar-refractivity contribution in [1.29, 1.82) is 0 Å². The number of methoxy groups -OCH3 is 2. The molecule has 0 aliphatic heterocycles. The Hall–Kier alpha value is -1.94. The van der Waals surface area contributed by atoms with Crippen LogP contribution in [0.25, 0.3) is 0 Å². The number of hydrogen-bond acceptors (Lipinski definition) is 4. The van der Waals surface area contributed by atoms with Gasteiger partial charge in [0, 0.05) is 11.6 Å². The molecular weight excluding hydrogens is 268 g/mol. The lowest BCUT2D eigenvalue weighted by molar-refractivity contribution is 0.103. The van der Waals surface area contributed by atoms with Gasteiger partial charge in [-0.2, -0.15) is 0 Å². The average Bonchev–Trinajstić information content (AvgIpc) is 2.84. The molecule has 0 N–H and O–H groups in total. The van der Waals surface area contributed by atoms with Crippen molar-refractivity contribution in [2.24, 2.45) is 0 Å². The van der Waals surface area contributed by atoms with Crippen molar-refractivity contribution in [3.05, 3.63) is 46.4 Å². The smallest absolute Gasteiger partial charge is 0.197 e. The predicted molar refractivity (Wildman–Crippen MR) is 71.4 cm³/mol. The van der Waals surface area contributed by atoms with Crippen LogP contribution in [0.4, 0.5) is 0 Å². The molecule has 0 aliphatic carbocycles. The maximum Gasteiger partial charge on any atom is 0.197 e. The molecule has 0 atom stereocenters. The van der Waals surface area contributed by atoms with E-state index in [1.165, 1.54) is 20.5 Å². The number of hydrogen-bond donors (Lipinski definition) is 0. The second kappa shape index (κ2) is 5.36. The van der Waals surface area contributed by atoms with Crippen LogP contribution in [0.1, 0.15) is 21.7 Å². The molecule has 2 rings (SSSR count). The fourth-order valence-corrected chi connectivity index (χ4v) is 1.99. The third kappa shape index (κ3) is 2.58. The summed E-state index contributed by atoms with van der Waals surface area (Å²) in [6.45, 7) is 1.77. The molecule has 0 unspecified atom stereocenters. The summed E-state index contributed by atoms with van der Waals surface area (Å²) in [4.78, 5) is 12.3. The molecule has 0 saturated carbocycles. The Kier molecular flexibility index (Phi) is 3.81. The van der Waals surface area contributed by atoms with Crippen LogP contribution in [-0.2, 0) is 0 Å². The highest BCUT2D eigenvalue weighted by molar-refractivity contribution is 6.35. The van der Waals surface area contributed by atoms with Gasteiger partial charge in [-0.25, -0.2) is 0 Å². The zero-order valence-electron chi connectivity index (χ0n) is 10.8. The van der Waals surface area contributed by atoms with E-state index in [9.17, 15) is 4.79 Å². The van der Waals surface area contributed by atoms with E-state index in [0.717, 1.165) is 0 Å². The normalized spacial score (nSPS) is 10.3. The van der Waals surface area contributed by atoms with Crippen LogP contribution < -0.4 is 9.47 Å². The lowest BCUT2D eigenvalue weighted by Crippen LogP contribution is -2.02. The Balaban J connectivity index is 2.47. The topological polar surface area (TPSA) is 48.7 Å². The second-order valence-electron chi connectivity index (χ2n) is 3.96. The summed E-state index contributed by atoms with van der Waals surface area (Å²) in [7, 11) is 3.01. The fraction of sp³-hybridized carbons (Fsp3) is 0.214. The van der Waals surface area contributed by atoms with Crippen molar-refractivity contribution in [3.8, 4) is 11.5 Å². The molecule has 4 nitrogen and oxygen atoms in total. The SMILES string of the molecule is COc1cc(Cl)c(C(=O)c2coc(C)c2)cc1OC. The number of benzene rings is 1. The van der Waals surface area contributed by atoms with E-state index in [1.807, 2.05) is 0 Å². The van der Waals surface area contributed by atoms with Gasteiger partial charge in [-0.3, -0.25) is 4.79 Å². The van der Waals surface area contributed by atoms with Crippen LogP contribution in [0.2, 0.25) is 5.02 Å². The molecule has 0 aliphatic rings. The van der Waals surface area contributed by atoms with E-state index in [1.54, 1.807) is 25.1 Å². The van der Waals surface area contributed by atoms with Gasteiger partial charge in [0.25, 0.3) is 0 Å². The largest absolute Gasteiger partial charge is 0.493 e. The minimum absolute atomic E-state index is 0.220. The van der Waals surface area contributed by atoms with Gasteiger partial charge in [0.2, 0.25) is 0 Å². The van der Waals surface area contributed by atoms with Gasteiger partial charge in [0.1, 0.15) is 12.0 Å². The van der Waals surface area contributed by atoms with Crippen molar-refractivity contribution in [1.82, 2.24) is 0 Å². The number of carbonyl (C=O) groups is 1. The molecule has 1 aromatic heterocycles. The van der Waals surface area contributed by atoms with Gasteiger partial charge in [0.15, 0.2) is 17.3 Å². The van der Waals surface area contributed by atoms with Gasteiger partial charge in [0.05, 0.1) is 24.8 Å². The van der Waals surface area contributed by atoms with Gasteiger partial charge in [-0.15, -0.1) is 0 Å². The first-order valence-electron chi connectivity index (χ1n) is 5.58. The zero-order chi connectivity index (χ0) is 14.0. The lowest BCUT2D eigenvalue weighted by Gasteiger charge is -2.10. The van der Waals surface area contributed by atoms with E-state index in [0.29, 0.717) is 33.4 Å². The van der Waals surface area contributed by atoms with Crippen LogP contribution in [0.3, 0.4) is 0 Å². The summed E-state index contributed by atoms with van der Waals surface area (Å²) in [5, 5.41) is 0.307. The van der Waals surface area contributed by atoms with Crippen LogP contribution in [0.5, 0.6) is 11.5 Å². The standard InChI is InChI=1S/C14H13ClO4/c1-8-4-9(7-19-8)14(16)10-5-12(17-2)13(18-3)6-11(10)15/h4-7H,1-3H3. The van der Waals surface area contributed by atoms with Crippen LogP contribution in [-0.4, -0.2) is 20.0 Å². The molecule has 0 bridgehead atoms. The molecule has 2 aromatic rings. The van der Waals surface area contributed by atoms with Gasteiger partial charge < -0.3 is 13.9 Å². The lowest BCUT2D eigenvalue weighted by atomic mass is 10.0. The summed E-state index contributed by atoms with van der Waals surface area (Å²) in [6, 6.07) is 4.78. The minimum atomic E-state index is -0.220. The first-order valence-corrected chi connectivity index (χ1v) is 5.96. The maximum absolute atomic E-state index is 12.3. The molecule has 0 saturated heterocycles. The molecule has 0 amide bonds. The first-order chi connectivity index (χ1) is 9.06. The molecular formula is C14H13ClO4. The summed E-state index contributed by atoms with van der Waals surface area (Å²) in [5.74, 6) is 1.38. The quantitative estimate of drug-likeness (QED) is 0.805. The van der Waals surface area contributed by atoms with E-state index < -0.39 is 0 Å². The number of rotatable bonds is 4. The van der Waals surface area contributed by atoms with E-state index >= 15 is 0 Å². The first kappa shape index (κ1) is 13.5. The molecule has 5 heteroatoms. The highest BCUT2D eigenvalue weighted by Crippen LogP contribution is 2.34. The second-order valence-corrected chi connectivity index (χ2v) is 4.37. The number of furan rings is 1. The third-order valence-corrected chi connectivity index (χ3v) is 3.02. The number of halogens is 1. The number of ether oxygens (including phenoxy) is 2. The van der Waals surface area contributed by atoms with Gasteiger partial charge in [-0.05, 0) is 19.1 Å². The Bertz CT molecular complexity index is 616. The van der Waals surface area contributed by atoms with Gasteiger partial charge in [-0.1, -0.05) is 11.6 Å². The highest BCUT2D eigenvalue weighted by atomic mass is 35.5. The predicted octanol–water partition coefficient (Wildman–Crippen LogP) is 3.49. The molecule has 0 radical (unpaired) electrons. The van der Waals surface area contributed by atoms with E-state index in [2.05, 4.69) is 0 Å². The molecule has 100 valence electrons. The van der Waals surface area contributed by atoms with Crippen LogP contribution in [0.15, 0.2) is 28.9 Å². The Morgan fingerprint density at radius 2 is 1.79 bits per heavy atom. The number of ketones is 1. The molecule has 0 fully saturated rings. The van der Waals surface area contributed by atoms with Crippen molar-refractivity contribution in [3.63, 3.8) is 0 Å². The van der Waals surface area contributed by atoms with E-state index in [-0.39, 0.29) is 5.78 Å². The molecule has 1 heterocycles. The van der Waals surface area contributed by atoms with Crippen molar-refractivity contribution in [2.45, 2.75) is 6.92 Å². The Morgan fingerprint density at radius 1 is 1.16 bits per heavy atom. The number of carbonyl (C=O) groups excluding carboxylic acids is 1. The number of aryl methyl sites for hydroxylation is 1. The van der Waals surface area contributed by atoms with Crippen molar-refractivity contribution in [2.75, 3.05) is 14.2 Å². The van der Waals surface area contributed by atoms with E-state index in [4.69, 9.17) is 25.5 Å². The molecule has 1 aromatic carbocycles. The van der Waals surface area contributed by atoms with Crippen LogP contribution in [0, 0.1) is 6.92 Å². The average molecular weight is 281 g/mol. The van der Waals surface area contributed by atoms with Crippen LogP contribution >= 0.6 is 11.6 Å². The van der Waals surface area contributed by atoms with Crippen molar-refractivity contribution < 1.29 is 18.7 Å². The maximum atomic E-state index is 12.3. The molecule has 0 spiro atoms. The minimum Gasteiger partial charge on any atom is -0.493 e. The summed E-state index contributed by atoms with van der Waals surface area (Å²) < 4.78 is 15.4. The Morgan fingerprint density at radius 3 is 2.32 bits per heavy atom.